The van der Waals surface area contributed by atoms with Gasteiger partial charge in [0.2, 0.25) is 0 Å². The molecule has 2 N–H and O–H groups in total. The third kappa shape index (κ3) is 5.53. The number of urea groups is 1. The third-order valence-electron chi connectivity index (χ3n) is 2.53. The maximum atomic E-state index is 11.9. The fourth-order valence-electron chi connectivity index (χ4n) is 1.46. The SMILES string of the molecule is CCN(CCCO)C(=O)N(C)CC(C)C(=O)O. The van der Waals surface area contributed by atoms with Gasteiger partial charge >= 0.3 is 12.0 Å². The number of aliphatic hydroxyl groups is 1. The largest absolute Gasteiger partial charge is 0.481 e. The number of nitrogens with zero attached hydrogens (tertiary/aromatic N) is 2. The van der Waals surface area contributed by atoms with Crippen molar-refractivity contribution in [2.24, 2.45) is 5.92 Å². The molecule has 0 aromatic rings. The summed E-state index contributed by atoms with van der Waals surface area (Å²) in [5, 5.41) is 17.5. The van der Waals surface area contributed by atoms with Crippen molar-refractivity contribution in [3.8, 4) is 0 Å². The van der Waals surface area contributed by atoms with Gasteiger partial charge in [-0.1, -0.05) is 6.92 Å². The Morgan fingerprint density at radius 1 is 1.35 bits per heavy atom. The van der Waals surface area contributed by atoms with E-state index in [0.717, 1.165) is 0 Å². The van der Waals surface area contributed by atoms with Crippen molar-refractivity contribution >= 4 is 12.0 Å². The molecule has 0 aliphatic heterocycles. The van der Waals surface area contributed by atoms with E-state index in [1.807, 2.05) is 6.92 Å². The van der Waals surface area contributed by atoms with Crippen LogP contribution in [0.3, 0.4) is 0 Å². The number of rotatable bonds is 7. The van der Waals surface area contributed by atoms with E-state index in [4.69, 9.17) is 10.2 Å². The Morgan fingerprint density at radius 2 is 1.94 bits per heavy atom. The van der Waals surface area contributed by atoms with Crippen LogP contribution in [0.1, 0.15) is 20.3 Å². The van der Waals surface area contributed by atoms with Crippen molar-refractivity contribution in [1.82, 2.24) is 9.80 Å². The molecule has 0 radical (unpaired) electrons. The molecule has 0 aliphatic rings. The lowest BCUT2D eigenvalue weighted by atomic mass is 10.2. The van der Waals surface area contributed by atoms with Crippen molar-refractivity contribution in [2.45, 2.75) is 20.3 Å². The lowest BCUT2D eigenvalue weighted by Gasteiger charge is -2.28. The predicted octanol–water partition coefficient (Wildman–Crippen LogP) is 0.463. The third-order valence-corrected chi connectivity index (χ3v) is 2.53. The van der Waals surface area contributed by atoms with E-state index >= 15 is 0 Å². The summed E-state index contributed by atoms with van der Waals surface area (Å²) in [6.45, 7) is 4.67. The van der Waals surface area contributed by atoms with Crippen LogP contribution in [0.2, 0.25) is 0 Å². The molecule has 0 bridgehead atoms. The van der Waals surface area contributed by atoms with Crippen molar-refractivity contribution in [1.29, 1.82) is 0 Å². The molecule has 0 aliphatic carbocycles. The highest BCUT2D eigenvalue weighted by molar-refractivity contribution is 5.75. The molecule has 0 fully saturated rings. The second-order valence-electron chi connectivity index (χ2n) is 4.06. The van der Waals surface area contributed by atoms with Crippen molar-refractivity contribution in [3.05, 3.63) is 0 Å². The fourth-order valence-corrected chi connectivity index (χ4v) is 1.46. The van der Waals surface area contributed by atoms with Gasteiger partial charge in [0.1, 0.15) is 0 Å². The Bertz CT molecular complexity index is 258. The molecule has 6 nitrogen and oxygen atoms in total. The topological polar surface area (TPSA) is 81.1 Å². The monoisotopic (exact) mass is 246 g/mol. The molecule has 100 valence electrons. The van der Waals surface area contributed by atoms with Gasteiger partial charge in [0, 0.05) is 33.3 Å². The van der Waals surface area contributed by atoms with Crippen LogP contribution >= 0.6 is 0 Å². The lowest BCUT2D eigenvalue weighted by molar-refractivity contribution is -0.141. The number of aliphatic carboxylic acids is 1. The van der Waals surface area contributed by atoms with Gasteiger partial charge in [-0.3, -0.25) is 4.79 Å². The number of carboxylic acids is 1. The van der Waals surface area contributed by atoms with E-state index in [9.17, 15) is 9.59 Å². The summed E-state index contributed by atoms with van der Waals surface area (Å²) in [6.07, 6.45) is 0.530. The molecule has 0 aromatic heterocycles. The fraction of sp³-hybridized carbons (Fsp3) is 0.818. The average molecular weight is 246 g/mol. The zero-order chi connectivity index (χ0) is 13.4. The molecule has 17 heavy (non-hydrogen) atoms. The molecule has 2 amide bonds. The quantitative estimate of drug-likeness (QED) is 0.684. The second-order valence-corrected chi connectivity index (χ2v) is 4.06. The van der Waals surface area contributed by atoms with Crippen LogP contribution in [0, 0.1) is 5.92 Å². The van der Waals surface area contributed by atoms with E-state index in [1.54, 1.807) is 18.9 Å². The first-order valence-electron chi connectivity index (χ1n) is 5.77. The van der Waals surface area contributed by atoms with Gasteiger partial charge in [0.25, 0.3) is 0 Å². The lowest BCUT2D eigenvalue weighted by Crippen LogP contribution is -2.44. The average Bonchev–Trinajstić information content (AvgIpc) is 2.29. The van der Waals surface area contributed by atoms with Crippen molar-refractivity contribution in [3.63, 3.8) is 0 Å². The number of carboxylic acid groups (broad SMARTS) is 1. The van der Waals surface area contributed by atoms with Gasteiger partial charge in [0.15, 0.2) is 0 Å². The van der Waals surface area contributed by atoms with Gasteiger partial charge in [0.05, 0.1) is 5.92 Å². The zero-order valence-corrected chi connectivity index (χ0v) is 10.7. The summed E-state index contributed by atoms with van der Waals surface area (Å²) >= 11 is 0. The zero-order valence-electron chi connectivity index (χ0n) is 10.7. The molecular formula is C11H22N2O4. The smallest absolute Gasteiger partial charge is 0.319 e. The molecule has 0 heterocycles. The van der Waals surface area contributed by atoms with Crippen molar-refractivity contribution in [2.75, 3.05) is 33.3 Å². The predicted molar refractivity (Wildman–Crippen MR) is 63.8 cm³/mol. The van der Waals surface area contributed by atoms with Crippen molar-refractivity contribution < 1.29 is 19.8 Å². The van der Waals surface area contributed by atoms with Crippen LogP contribution in [0.25, 0.3) is 0 Å². The van der Waals surface area contributed by atoms with Gasteiger partial charge in [-0.15, -0.1) is 0 Å². The summed E-state index contributed by atoms with van der Waals surface area (Å²) in [5.41, 5.74) is 0. The molecule has 0 aromatic carbocycles. The van der Waals surface area contributed by atoms with Crippen LogP contribution in [-0.4, -0.2) is 65.3 Å². The van der Waals surface area contributed by atoms with Gasteiger partial charge in [-0.05, 0) is 13.3 Å². The summed E-state index contributed by atoms with van der Waals surface area (Å²) in [7, 11) is 1.59. The minimum atomic E-state index is -0.914. The van der Waals surface area contributed by atoms with E-state index < -0.39 is 11.9 Å². The molecule has 0 saturated carbocycles. The highest BCUT2D eigenvalue weighted by atomic mass is 16.4. The Kier molecular flexibility index (Phi) is 7.29. The van der Waals surface area contributed by atoms with Gasteiger partial charge < -0.3 is 20.0 Å². The number of aliphatic hydroxyl groups excluding tert-OH is 1. The van der Waals surface area contributed by atoms with Gasteiger partial charge in [-0.25, -0.2) is 4.79 Å². The molecule has 0 rings (SSSR count). The number of hydrogen-bond acceptors (Lipinski definition) is 3. The highest BCUT2D eigenvalue weighted by Gasteiger charge is 2.20. The Hall–Kier alpha value is -1.30. The van der Waals surface area contributed by atoms with Crippen LogP contribution in [-0.2, 0) is 4.79 Å². The molecule has 6 heteroatoms. The van der Waals surface area contributed by atoms with E-state index in [1.165, 1.54) is 4.90 Å². The molecule has 1 atom stereocenters. The summed E-state index contributed by atoms with van der Waals surface area (Å²) in [5.74, 6) is -1.50. The van der Waals surface area contributed by atoms with Crippen LogP contribution < -0.4 is 0 Å². The summed E-state index contributed by atoms with van der Waals surface area (Å²) in [4.78, 5) is 25.6. The van der Waals surface area contributed by atoms with Gasteiger partial charge in [-0.2, -0.15) is 0 Å². The summed E-state index contributed by atoms with van der Waals surface area (Å²) in [6, 6.07) is -0.200. The van der Waals surface area contributed by atoms with E-state index in [2.05, 4.69) is 0 Å². The molecular weight excluding hydrogens is 224 g/mol. The number of carbonyl (C=O) groups excluding carboxylic acids is 1. The first-order valence-corrected chi connectivity index (χ1v) is 5.77. The highest BCUT2D eigenvalue weighted by Crippen LogP contribution is 2.03. The maximum absolute atomic E-state index is 11.9. The molecule has 1 unspecified atom stereocenters. The first kappa shape index (κ1) is 15.7. The minimum Gasteiger partial charge on any atom is -0.481 e. The number of amides is 2. The molecule has 0 saturated heterocycles. The van der Waals surface area contributed by atoms with E-state index in [0.29, 0.717) is 19.5 Å². The van der Waals surface area contributed by atoms with Crippen LogP contribution in [0.15, 0.2) is 0 Å². The summed E-state index contributed by atoms with van der Waals surface area (Å²) < 4.78 is 0. The number of hydrogen-bond donors (Lipinski definition) is 2. The van der Waals surface area contributed by atoms with E-state index in [-0.39, 0.29) is 19.2 Å². The Balaban J connectivity index is 4.30. The van der Waals surface area contributed by atoms with Crippen LogP contribution in [0.5, 0.6) is 0 Å². The second kappa shape index (κ2) is 7.89. The maximum Gasteiger partial charge on any atom is 0.319 e. The standard InChI is InChI=1S/C11H22N2O4/c1-4-13(6-5-7-14)11(17)12(3)8-9(2)10(15)16/h9,14H,4-8H2,1-3H3,(H,15,16). The Labute approximate surface area is 102 Å². The number of carbonyl (C=O) groups is 2. The Morgan fingerprint density at radius 3 is 2.35 bits per heavy atom. The first-order chi connectivity index (χ1) is 7.93. The molecule has 0 spiro atoms. The minimum absolute atomic E-state index is 0.0407. The normalized spacial score (nSPS) is 12.0. The van der Waals surface area contributed by atoms with Crippen LogP contribution in [0.4, 0.5) is 4.79 Å².